The number of halogens is 1. The topological polar surface area (TPSA) is 26.3 Å². The van der Waals surface area contributed by atoms with Gasteiger partial charge in [0.1, 0.15) is 5.38 Å². The minimum atomic E-state index is -0.819. The second kappa shape index (κ2) is 4.37. The first kappa shape index (κ1) is 11.3. The first-order valence-electron chi connectivity index (χ1n) is 3.80. The highest BCUT2D eigenvalue weighted by Gasteiger charge is 2.25. The summed E-state index contributed by atoms with van der Waals surface area (Å²) in [5.74, 6) is 1.94. The molecule has 2 atom stereocenters. The lowest BCUT2D eigenvalue weighted by Gasteiger charge is -2.22. The summed E-state index contributed by atoms with van der Waals surface area (Å²) in [6, 6.07) is 0. The van der Waals surface area contributed by atoms with Gasteiger partial charge in [0.05, 0.1) is 0 Å². The molecule has 0 aliphatic carbocycles. The summed E-state index contributed by atoms with van der Waals surface area (Å²) in [5.41, 5.74) is -0.819. The second-order valence-electron chi connectivity index (χ2n) is 2.77. The number of hydrogen-bond acceptors (Lipinski definition) is 2. The molecule has 0 N–H and O–H groups in total. The molecule has 68 valence electrons. The van der Waals surface area contributed by atoms with Crippen LogP contribution >= 0.6 is 11.6 Å². The highest BCUT2D eigenvalue weighted by molar-refractivity contribution is 6.29. The average molecular weight is 189 g/mol. The molecule has 0 heterocycles. The monoisotopic (exact) mass is 188 g/mol. The van der Waals surface area contributed by atoms with Crippen molar-refractivity contribution in [1.82, 2.24) is 0 Å². The molecule has 0 amide bonds. The fourth-order valence-electron chi connectivity index (χ4n) is 0.507. The van der Waals surface area contributed by atoms with E-state index in [0.717, 1.165) is 0 Å². The quantitative estimate of drug-likeness (QED) is 0.385. The molecule has 0 bridgehead atoms. The van der Waals surface area contributed by atoms with Crippen molar-refractivity contribution in [3.8, 4) is 12.3 Å². The van der Waals surface area contributed by atoms with Crippen molar-refractivity contribution in [3.63, 3.8) is 0 Å². The van der Waals surface area contributed by atoms with E-state index in [1.165, 1.54) is 0 Å². The SMILES string of the molecule is C#CC(C)(CC)OC(=O)C(C)Cl. The predicted molar refractivity (Wildman–Crippen MR) is 48.9 cm³/mol. The molecule has 0 aromatic heterocycles. The third-order valence-electron chi connectivity index (χ3n) is 1.63. The van der Waals surface area contributed by atoms with Crippen LogP contribution in [0.4, 0.5) is 0 Å². The third kappa shape index (κ3) is 3.15. The highest BCUT2D eigenvalue weighted by atomic mass is 35.5. The zero-order valence-electron chi connectivity index (χ0n) is 7.56. The maximum atomic E-state index is 11.0. The van der Waals surface area contributed by atoms with Gasteiger partial charge in [-0.05, 0) is 20.3 Å². The molecule has 0 radical (unpaired) electrons. The minimum Gasteiger partial charge on any atom is -0.445 e. The molecule has 2 nitrogen and oxygen atoms in total. The van der Waals surface area contributed by atoms with Gasteiger partial charge in [0.2, 0.25) is 0 Å². The van der Waals surface area contributed by atoms with Crippen molar-refractivity contribution in [2.75, 3.05) is 0 Å². The third-order valence-corrected chi connectivity index (χ3v) is 1.81. The Morgan fingerprint density at radius 1 is 1.83 bits per heavy atom. The number of rotatable bonds is 3. The van der Waals surface area contributed by atoms with E-state index >= 15 is 0 Å². The zero-order valence-corrected chi connectivity index (χ0v) is 8.31. The normalized spacial score (nSPS) is 17.2. The van der Waals surface area contributed by atoms with Gasteiger partial charge < -0.3 is 4.74 Å². The van der Waals surface area contributed by atoms with Gasteiger partial charge in [0, 0.05) is 0 Å². The summed E-state index contributed by atoms with van der Waals surface area (Å²) < 4.78 is 4.99. The molecule has 0 rings (SSSR count). The van der Waals surface area contributed by atoms with Crippen LogP contribution in [0.2, 0.25) is 0 Å². The lowest BCUT2D eigenvalue weighted by molar-refractivity contribution is -0.152. The van der Waals surface area contributed by atoms with Crippen molar-refractivity contribution in [2.45, 2.75) is 38.2 Å². The Morgan fingerprint density at radius 3 is 2.58 bits per heavy atom. The average Bonchev–Trinajstić information content (AvgIpc) is 2.04. The van der Waals surface area contributed by atoms with E-state index in [0.29, 0.717) is 6.42 Å². The Morgan fingerprint density at radius 2 is 2.33 bits per heavy atom. The number of ether oxygens (including phenoxy) is 1. The van der Waals surface area contributed by atoms with Crippen LogP contribution in [0.3, 0.4) is 0 Å². The van der Waals surface area contributed by atoms with Gasteiger partial charge in [-0.15, -0.1) is 18.0 Å². The van der Waals surface area contributed by atoms with Crippen LogP contribution in [-0.4, -0.2) is 16.9 Å². The Labute approximate surface area is 78.2 Å². The van der Waals surface area contributed by atoms with Crippen molar-refractivity contribution in [2.24, 2.45) is 0 Å². The lowest BCUT2D eigenvalue weighted by Crippen LogP contribution is -2.31. The van der Waals surface area contributed by atoms with Crippen LogP contribution < -0.4 is 0 Å². The Balaban J connectivity index is 4.25. The first-order valence-corrected chi connectivity index (χ1v) is 4.23. The molecule has 0 aromatic carbocycles. The molecule has 0 fully saturated rings. The fourth-order valence-corrected chi connectivity index (χ4v) is 0.551. The molecule has 0 saturated carbocycles. The van der Waals surface area contributed by atoms with Gasteiger partial charge in [0.15, 0.2) is 5.60 Å². The van der Waals surface area contributed by atoms with Crippen molar-refractivity contribution in [3.05, 3.63) is 0 Å². The van der Waals surface area contributed by atoms with Gasteiger partial charge in [-0.2, -0.15) is 0 Å². The van der Waals surface area contributed by atoms with Gasteiger partial charge in [-0.25, -0.2) is 0 Å². The summed E-state index contributed by atoms with van der Waals surface area (Å²) in [6.07, 6.45) is 5.78. The van der Waals surface area contributed by atoms with E-state index < -0.39 is 16.9 Å². The number of carbonyl (C=O) groups is 1. The number of esters is 1. The van der Waals surface area contributed by atoms with E-state index in [2.05, 4.69) is 5.92 Å². The van der Waals surface area contributed by atoms with Gasteiger partial charge >= 0.3 is 5.97 Å². The number of hydrogen-bond donors (Lipinski definition) is 0. The number of carbonyl (C=O) groups excluding carboxylic acids is 1. The van der Waals surface area contributed by atoms with Crippen LogP contribution in [0.1, 0.15) is 27.2 Å². The van der Waals surface area contributed by atoms with Crippen molar-refractivity contribution in [1.29, 1.82) is 0 Å². The Bertz CT molecular complexity index is 205. The van der Waals surface area contributed by atoms with Crippen LogP contribution in [-0.2, 0) is 9.53 Å². The molecule has 0 aromatic rings. The lowest BCUT2D eigenvalue weighted by atomic mass is 10.1. The van der Waals surface area contributed by atoms with Gasteiger partial charge in [-0.3, -0.25) is 4.79 Å². The summed E-state index contributed by atoms with van der Waals surface area (Å²) in [6.45, 7) is 5.09. The molecular formula is C9H13ClO2. The Kier molecular flexibility index (Phi) is 4.12. The maximum absolute atomic E-state index is 11.0. The van der Waals surface area contributed by atoms with Gasteiger partial charge in [-0.1, -0.05) is 12.8 Å². The van der Waals surface area contributed by atoms with E-state index in [1.807, 2.05) is 6.92 Å². The summed E-state index contributed by atoms with van der Waals surface area (Å²) in [4.78, 5) is 11.0. The molecule has 2 unspecified atom stereocenters. The van der Waals surface area contributed by atoms with E-state index in [1.54, 1.807) is 13.8 Å². The maximum Gasteiger partial charge on any atom is 0.325 e. The molecule has 0 aliphatic rings. The zero-order chi connectivity index (χ0) is 9.78. The van der Waals surface area contributed by atoms with E-state index in [4.69, 9.17) is 22.8 Å². The molecule has 3 heteroatoms. The molecular weight excluding hydrogens is 176 g/mol. The second-order valence-corrected chi connectivity index (χ2v) is 3.42. The Hall–Kier alpha value is -0.680. The standard InChI is InChI=1S/C9H13ClO2/c1-5-9(4,6-2)12-8(11)7(3)10/h1,7H,6H2,2-4H3. The van der Waals surface area contributed by atoms with Crippen LogP contribution in [0.15, 0.2) is 0 Å². The van der Waals surface area contributed by atoms with Crippen LogP contribution in [0.5, 0.6) is 0 Å². The summed E-state index contributed by atoms with van der Waals surface area (Å²) in [7, 11) is 0. The van der Waals surface area contributed by atoms with E-state index in [-0.39, 0.29) is 0 Å². The molecule has 0 spiro atoms. The minimum absolute atomic E-state index is 0.473. The van der Waals surface area contributed by atoms with Crippen molar-refractivity contribution < 1.29 is 9.53 Å². The molecule has 0 aliphatic heterocycles. The predicted octanol–water partition coefficient (Wildman–Crippen LogP) is 1.96. The largest absolute Gasteiger partial charge is 0.445 e. The summed E-state index contributed by atoms with van der Waals surface area (Å²) in [5, 5.41) is -0.649. The summed E-state index contributed by atoms with van der Waals surface area (Å²) >= 11 is 5.51. The van der Waals surface area contributed by atoms with Crippen LogP contribution in [0, 0.1) is 12.3 Å². The van der Waals surface area contributed by atoms with Crippen molar-refractivity contribution >= 4 is 17.6 Å². The smallest absolute Gasteiger partial charge is 0.325 e. The molecule has 0 saturated heterocycles. The van der Waals surface area contributed by atoms with E-state index in [9.17, 15) is 4.79 Å². The number of terminal acetylenes is 1. The molecule has 12 heavy (non-hydrogen) atoms. The fraction of sp³-hybridized carbons (Fsp3) is 0.667. The van der Waals surface area contributed by atoms with Crippen LogP contribution in [0.25, 0.3) is 0 Å². The first-order chi connectivity index (χ1) is 5.45. The van der Waals surface area contributed by atoms with Gasteiger partial charge in [0.25, 0.3) is 0 Å². The number of alkyl halides is 1. The highest BCUT2D eigenvalue weighted by Crippen LogP contribution is 2.15.